The van der Waals surface area contributed by atoms with E-state index in [0.29, 0.717) is 0 Å². The van der Waals surface area contributed by atoms with Gasteiger partial charge in [0.15, 0.2) is 11.6 Å². The van der Waals surface area contributed by atoms with Gasteiger partial charge in [0, 0.05) is 6.07 Å². The van der Waals surface area contributed by atoms with Gasteiger partial charge in [0.1, 0.15) is 11.6 Å². The van der Waals surface area contributed by atoms with Crippen molar-refractivity contribution in [3.8, 4) is 17.1 Å². The Morgan fingerprint density at radius 2 is 1.73 bits per heavy atom. The minimum atomic E-state index is -0.735. The third kappa shape index (κ3) is 1.90. The number of hydrogen-bond donors (Lipinski definition) is 1. The Morgan fingerprint density at radius 3 is 2.33 bits per heavy atom. The van der Waals surface area contributed by atoms with E-state index in [-0.39, 0.29) is 17.1 Å². The Balaban J connectivity index is 2.49. The molecule has 2 rings (SSSR count). The molecule has 15 heavy (non-hydrogen) atoms. The summed E-state index contributed by atoms with van der Waals surface area (Å²) in [5.41, 5.74) is 0.0939. The smallest absolute Gasteiger partial charge is 0.162 e. The number of aromatic nitrogens is 2. The standard InChI is InChI=1S/C10H6F2N2O/c11-6-1-2-8(9(12)3-6)10-13-4-7(15)5-14-10/h1-5,15H. The largest absolute Gasteiger partial charge is 0.505 e. The van der Waals surface area contributed by atoms with Crippen LogP contribution >= 0.6 is 0 Å². The van der Waals surface area contributed by atoms with Crippen molar-refractivity contribution in [3.63, 3.8) is 0 Å². The second kappa shape index (κ2) is 3.61. The average molecular weight is 208 g/mol. The maximum absolute atomic E-state index is 13.3. The molecule has 0 aliphatic rings. The van der Waals surface area contributed by atoms with E-state index in [1.807, 2.05) is 0 Å². The van der Waals surface area contributed by atoms with E-state index < -0.39 is 11.6 Å². The van der Waals surface area contributed by atoms with Crippen LogP contribution in [0, 0.1) is 11.6 Å². The molecule has 0 saturated carbocycles. The molecule has 0 radical (unpaired) electrons. The number of hydrogen-bond acceptors (Lipinski definition) is 3. The van der Waals surface area contributed by atoms with Crippen molar-refractivity contribution in [2.24, 2.45) is 0 Å². The molecule has 0 saturated heterocycles. The van der Waals surface area contributed by atoms with Gasteiger partial charge < -0.3 is 5.11 Å². The predicted octanol–water partition coefficient (Wildman–Crippen LogP) is 2.13. The molecule has 0 aliphatic carbocycles. The number of benzene rings is 1. The van der Waals surface area contributed by atoms with Gasteiger partial charge in [0.25, 0.3) is 0 Å². The van der Waals surface area contributed by atoms with Gasteiger partial charge in [0.05, 0.1) is 18.0 Å². The van der Waals surface area contributed by atoms with Crippen LogP contribution in [0.1, 0.15) is 0 Å². The zero-order chi connectivity index (χ0) is 10.8. The van der Waals surface area contributed by atoms with E-state index in [2.05, 4.69) is 9.97 Å². The molecule has 1 aromatic carbocycles. The zero-order valence-electron chi connectivity index (χ0n) is 7.48. The van der Waals surface area contributed by atoms with Gasteiger partial charge in [-0.25, -0.2) is 18.7 Å². The van der Waals surface area contributed by atoms with Gasteiger partial charge in [-0.3, -0.25) is 0 Å². The third-order valence-corrected chi connectivity index (χ3v) is 1.81. The van der Waals surface area contributed by atoms with E-state index in [0.717, 1.165) is 24.5 Å². The first kappa shape index (κ1) is 9.51. The summed E-state index contributed by atoms with van der Waals surface area (Å²) in [6.45, 7) is 0. The van der Waals surface area contributed by atoms with Crippen molar-refractivity contribution >= 4 is 0 Å². The molecule has 0 amide bonds. The summed E-state index contributed by atoms with van der Waals surface area (Å²) in [5.74, 6) is -1.40. The number of halogens is 2. The zero-order valence-corrected chi connectivity index (χ0v) is 7.48. The maximum Gasteiger partial charge on any atom is 0.162 e. The van der Waals surface area contributed by atoms with Gasteiger partial charge >= 0.3 is 0 Å². The predicted molar refractivity (Wildman–Crippen MR) is 49.0 cm³/mol. The molecule has 1 N–H and O–H groups in total. The van der Waals surface area contributed by atoms with Crippen LogP contribution in [0.15, 0.2) is 30.6 Å². The molecular weight excluding hydrogens is 202 g/mol. The van der Waals surface area contributed by atoms with Gasteiger partial charge in [-0.2, -0.15) is 0 Å². The van der Waals surface area contributed by atoms with Gasteiger partial charge in [-0.05, 0) is 12.1 Å². The van der Waals surface area contributed by atoms with Crippen molar-refractivity contribution < 1.29 is 13.9 Å². The van der Waals surface area contributed by atoms with Crippen LogP contribution in [-0.2, 0) is 0 Å². The van der Waals surface area contributed by atoms with E-state index >= 15 is 0 Å². The molecule has 3 nitrogen and oxygen atoms in total. The molecular formula is C10H6F2N2O. The van der Waals surface area contributed by atoms with Gasteiger partial charge in [-0.1, -0.05) is 0 Å². The Kier molecular flexibility index (Phi) is 2.29. The van der Waals surface area contributed by atoms with Crippen molar-refractivity contribution in [2.75, 3.05) is 0 Å². The summed E-state index contributed by atoms with van der Waals surface area (Å²) >= 11 is 0. The molecule has 1 heterocycles. The molecule has 0 spiro atoms. The summed E-state index contributed by atoms with van der Waals surface area (Å²) in [5, 5.41) is 8.94. The second-order valence-corrected chi connectivity index (χ2v) is 2.89. The lowest BCUT2D eigenvalue weighted by molar-refractivity contribution is 0.469. The highest BCUT2D eigenvalue weighted by molar-refractivity contribution is 5.55. The van der Waals surface area contributed by atoms with Crippen LogP contribution in [0.2, 0.25) is 0 Å². The normalized spacial score (nSPS) is 10.3. The molecule has 0 bridgehead atoms. The molecule has 0 fully saturated rings. The van der Waals surface area contributed by atoms with E-state index in [4.69, 9.17) is 5.11 Å². The Morgan fingerprint density at radius 1 is 1.07 bits per heavy atom. The van der Waals surface area contributed by atoms with Crippen molar-refractivity contribution in [3.05, 3.63) is 42.2 Å². The average Bonchev–Trinajstić information content (AvgIpc) is 2.20. The first-order valence-corrected chi connectivity index (χ1v) is 4.13. The lowest BCUT2D eigenvalue weighted by Crippen LogP contribution is -1.91. The first-order valence-electron chi connectivity index (χ1n) is 4.13. The monoisotopic (exact) mass is 208 g/mol. The minimum absolute atomic E-state index is 0.0939. The van der Waals surface area contributed by atoms with Crippen LogP contribution in [0.4, 0.5) is 8.78 Å². The van der Waals surface area contributed by atoms with Crippen LogP contribution in [-0.4, -0.2) is 15.1 Å². The summed E-state index contributed by atoms with van der Waals surface area (Å²) in [6.07, 6.45) is 2.29. The van der Waals surface area contributed by atoms with E-state index in [1.165, 1.54) is 6.07 Å². The lowest BCUT2D eigenvalue weighted by Gasteiger charge is -2.01. The second-order valence-electron chi connectivity index (χ2n) is 2.89. The van der Waals surface area contributed by atoms with E-state index in [9.17, 15) is 8.78 Å². The number of aromatic hydroxyl groups is 1. The third-order valence-electron chi connectivity index (χ3n) is 1.81. The Bertz CT molecular complexity index is 485. The van der Waals surface area contributed by atoms with E-state index in [1.54, 1.807) is 0 Å². The highest BCUT2D eigenvalue weighted by Gasteiger charge is 2.08. The minimum Gasteiger partial charge on any atom is -0.505 e. The summed E-state index contributed by atoms with van der Waals surface area (Å²) in [6, 6.07) is 3.12. The fraction of sp³-hybridized carbons (Fsp3) is 0. The Hall–Kier alpha value is -2.04. The summed E-state index contributed by atoms with van der Waals surface area (Å²) in [7, 11) is 0. The fourth-order valence-corrected chi connectivity index (χ4v) is 1.13. The van der Waals surface area contributed by atoms with Gasteiger partial charge in [0.2, 0.25) is 0 Å². The number of rotatable bonds is 1. The highest BCUT2D eigenvalue weighted by atomic mass is 19.1. The molecule has 0 aliphatic heterocycles. The van der Waals surface area contributed by atoms with Crippen molar-refractivity contribution in [2.45, 2.75) is 0 Å². The van der Waals surface area contributed by atoms with Crippen LogP contribution in [0.3, 0.4) is 0 Å². The SMILES string of the molecule is Oc1cnc(-c2ccc(F)cc2F)nc1. The number of nitrogens with zero attached hydrogens (tertiary/aromatic N) is 2. The highest BCUT2D eigenvalue weighted by Crippen LogP contribution is 2.20. The van der Waals surface area contributed by atoms with Crippen molar-refractivity contribution in [1.82, 2.24) is 9.97 Å². The quantitative estimate of drug-likeness (QED) is 0.780. The Labute approximate surface area is 84.1 Å². The van der Waals surface area contributed by atoms with Crippen LogP contribution in [0.5, 0.6) is 5.75 Å². The van der Waals surface area contributed by atoms with Crippen LogP contribution < -0.4 is 0 Å². The lowest BCUT2D eigenvalue weighted by atomic mass is 10.2. The topological polar surface area (TPSA) is 46.0 Å². The summed E-state index contributed by atoms with van der Waals surface area (Å²) < 4.78 is 25.9. The molecule has 2 aromatic rings. The molecule has 1 aromatic heterocycles. The van der Waals surface area contributed by atoms with Crippen LogP contribution in [0.25, 0.3) is 11.4 Å². The van der Waals surface area contributed by atoms with Gasteiger partial charge in [-0.15, -0.1) is 0 Å². The summed E-state index contributed by atoms with van der Waals surface area (Å²) in [4.78, 5) is 7.43. The first-order chi connectivity index (χ1) is 7.16. The molecule has 0 unspecified atom stereocenters. The van der Waals surface area contributed by atoms with Crippen molar-refractivity contribution in [1.29, 1.82) is 0 Å². The fourth-order valence-electron chi connectivity index (χ4n) is 1.13. The molecule has 5 heteroatoms. The molecule has 0 atom stereocenters. The maximum atomic E-state index is 13.3. The molecule has 76 valence electrons.